The molecule has 0 aromatic carbocycles. The highest BCUT2D eigenvalue weighted by atomic mass is 35.5. The van der Waals surface area contributed by atoms with Crippen LogP contribution in [0.1, 0.15) is 22.4 Å². The molecule has 0 saturated heterocycles. The quantitative estimate of drug-likeness (QED) is 0.492. The van der Waals surface area contributed by atoms with Gasteiger partial charge >= 0.3 is 0 Å². The summed E-state index contributed by atoms with van der Waals surface area (Å²) >= 11 is 7.65. The van der Waals surface area contributed by atoms with E-state index in [2.05, 4.69) is 31.8 Å². The smallest absolute Gasteiger partial charge is 0.220 e. The SMILES string of the molecule is Cc1cnc(C(C)(O)C#Cc2ccc3ncc(-c4nc(N)ncc4Cl)n3c2)s1. The molecule has 0 amide bonds. The molecule has 28 heavy (non-hydrogen) atoms. The Morgan fingerprint density at radius 2 is 2.04 bits per heavy atom. The summed E-state index contributed by atoms with van der Waals surface area (Å²) < 4.78 is 1.82. The minimum atomic E-state index is -1.34. The fourth-order valence-corrected chi connectivity index (χ4v) is 3.57. The number of fused-ring (bicyclic) bond motifs is 1. The molecule has 0 fully saturated rings. The van der Waals surface area contributed by atoms with Crippen LogP contribution in [0.3, 0.4) is 0 Å². The minimum Gasteiger partial charge on any atom is -0.371 e. The largest absolute Gasteiger partial charge is 0.371 e. The molecule has 0 aliphatic carbocycles. The summed E-state index contributed by atoms with van der Waals surface area (Å²) in [6, 6.07) is 3.66. The Morgan fingerprint density at radius 3 is 2.79 bits per heavy atom. The minimum absolute atomic E-state index is 0.125. The zero-order valence-electron chi connectivity index (χ0n) is 15.0. The third-order valence-electron chi connectivity index (χ3n) is 4.00. The lowest BCUT2D eigenvalue weighted by Gasteiger charge is -2.12. The number of hydrogen-bond donors (Lipinski definition) is 2. The van der Waals surface area contributed by atoms with E-state index in [1.807, 2.05) is 29.7 Å². The van der Waals surface area contributed by atoms with Gasteiger partial charge < -0.3 is 10.8 Å². The van der Waals surface area contributed by atoms with Crippen molar-refractivity contribution in [3.63, 3.8) is 0 Å². The van der Waals surface area contributed by atoms with Crippen molar-refractivity contribution in [2.75, 3.05) is 5.73 Å². The van der Waals surface area contributed by atoms with Crippen molar-refractivity contribution in [2.24, 2.45) is 0 Å². The molecule has 140 valence electrons. The first kappa shape index (κ1) is 18.4. The molecule has 7 nitrogen and oxygen atoms in total. The van der Waals surface area contributed by atoms with E-state index in [9.17, 15) is 5.11 Å². The Bertz CT molecular complexity index is 1250. The standard InChI is InChI=1S/C19H15ClN6OS/c1-11-7-23-17(28-11)19(2,27)6-5-12-3-4-15-22-9-14(26(15)10-12)16-13(20)8-24-18(21)25-16/h3-4,7-10,27H,1-2H3,(H2,21,24,25). The van der Waals surface area contributed by atoms with Crippen LogP contribution in [0.15, 0.2) is 36.9 Å². The van der Waals surface area contributed by atoms with Crippen molar-refractivity contribution in [2.45, 2.75) is 19.4 Å². The van der Waals surface area contributed by atoms with Gasteiger partial charge in [0.1, 0.15) is 16.3 Å². The lowest BCUT2D eigenvalue weighted by molar-refractivity contribution is 0.122. The summed E-state index contributed by atoms with van der Waals surface area (Å²) in [4.78, 5) is 17.7. The molecule has 9 heteroatoms. The topological polar surface area (TPSA) is 102 Å². The highest BCUT2D eigenvalue weighted by Crippen LogP contribution is 2.27. The van der Waals surface area contributed by atoms with E-state index in [0.717, 1.165) is 4.88 Å². The maximum Gasteiger partial charge on any atom is 0.220 e. The third-order valence-corrected chi connectivity index (χ3v) is 5.40. The van der Waals surface area contributed by atoms with Gasteiger partial charge in [-0.3, -0.25) is 4.40 Å². The van der Waals surface area contributed by atoms with Gasteiger partial charge in [-0.1, -0.05) is 23.4 Å². The van der Waals surface area contributed by atoms with Crippen LogP contribution >= 0.6 is 22.9 Å². The monoisotopic (exact) mass is 410 g/mol. The molecular formula is C19H15ClN6OS. The third kappa shape index (κ3) is 3.43. The van der Waals surface area contributed by atoms with E-state index >= 15 is 0 Å². The van der Waals surface area contributed by atoms with Crippen LogP contribution in [-0.2, 0) is 5.60 Å². The molecule has 0 saturated carbocycles. The van der Waals surface area contributed by atoms with Crippen LogP contribution in [0.4, 0.5) is 5.95 Å². The molecule has 0 radical (unpaired) electrons. The van der Waals surface area contributed by atoms with Crippen molar-refractivity contribution < 1.29 is 5.11 Å². The lowest BCUT2D eigenvalue weighted by Crippen LogP contribution is -2.18. The molecule has 0 aliphatic rings. The average molecular weight is 411 g/mol. The maximum atomic E-state index is 10.6. The highest BCUT2D eigenvalue weighted by molar-refractivity contribution is 7.11. The predicted octanol–water partition coefficient (Wildman–Crippen LogP) is 3.05. The highest BCUT2D eigenvalue weighted by Gasteiger charge is 2.23. The number of rotatable bonds is 2. The molecule has 0 bridgehead atoms. The molecule has 0 spiro atoms. The number of nitrogen functional groups attached to an aromatic ring is 1. The number of imidazole rings is 1. The second-order valence-corrected chi connectivity index (χ2v) is 7.95. The van der Waals surface area contributed by atoms with Gasteiger partial charge in [-0.25, -0.2) is 19.9 Å². The molecule has 3 N–H and O–H groups in total. The number of halogens is 1. The Hall–Kier alpha value is -2.99. The van der Waals surface area contributed by atoms with E-state index < -0.39 is 5.60 Å². The zero-order chi connectivity index (χ0) is 19.9. The summed E-state index contributed by atoms with van der Waals surface area (Å²) in [5.74, 6) is 6.02. The number of anilines is 1. The molecule has 1 unspecified atom stereocenters. The Kier molecular flexibility index (Phi) is 4.51. The average Bonchev–Trinajstić information content (AvgIpc) is 3.28. The van der Waals surface area contributed by atoms with E-state index in [0.29, 0.717) is 32.6 Å². The number of nitrogens with zero attached hydrogens (tertiary/aromatic N) is 5. The van der Waals surface area contributed by atoms with E-state index in [4.69, 9.17) is 17.3 Å². The van der Waals surface area contributed by atoms with Crippen LogP contribution in [0, 0.1) is 18.8 Å². The predicted molar refractivity (Wildman–Crippen MR) is 109 cm³/mol. The summed E-state index contributed by atoms with van der Waals surface area (Å²) in [6.45, 7) is 3.56. The Labute approximate surface area is 169 Å². The van der Waals surface area contributed by atoms with Gasteiger partial charge in [0.25, 0.3) is 0 Å². The van der Waals surface area contributed by atoms with Gasteiger partial charge in [-0.15, -0.1) is 11.3 Å². The Morgan fingerprint density at radius 1 is 1.21 bits per heavy atom. The number of thiazole rings is 1. The second-order valence-electron chi connectivity index (χ2n) is 6.31. The number of aromatic nitrogens is 5. The van der Waals surface area contributed by atoms with Gasteiger partial charge in [-0.2, -0.15) is 0 Å². The van der Waals surface area contributed by atoms with Crippen LogP contribution < -0.4 is 5.73 Å². The number of aliphatic hydroxyl groups is 1. The van der Waals surface area contributed by atoms with Gasteiger partial charge in [0.15, 0.2) is 5.60 Å². The van der Waals surface area contributed by atoms with Crippen LogP contribution in [0.5, 0.6) is 0 Å². The van der Waals surface area contributed by atoms with Crippen molar-refractivity contribution in [1.82, 2.24) is 24.3 Å². The first-order valence-corrected chi connectivity index (χ1v) is 9.47. The normalized spacial score (nSPS) is 13.1. The van der Waals surface area contributed by atoms with Crippen molar-refractivity contribution in [3.05, 3.63) is 57.4 Å². The van der Waals surface area contributed by atoms with Crippen molar-refractivity contribution in [1.29, 1.82) is 0 Å². The fourth-order valence-electron chi connectivity index (χ4n) is 2.62. The molecule has 0 aliphatic heterocycles. The number of pyridine rings is 1. The van der Waals surface area contributed by atoms with Crippen LogP contribution in [-0.4, -0.2) is 29.4 Å². The zero-order valence-corrected chi connectivity index (χ0v) is 16.6. The van der Waals surface area contributed by atoms with E-state index in [-0.39, 0.29) is 5.95 Å². The number of nitrogens with two attached hydrogens (primary N) is 1. The van der Waals surface area contributed by atoms with Gasteiger partial charge in [0, 0.05) is 22.8 Å². The molecule has 1 atom stereocenters. The molecule has 4 heterocycles. The van der Waals surface area contributed by atoms with Crippen molar-refractivity contribution in [3.8, 4) is 23.2 Å². The summed E-state index contributed by atoms with van der Waals surface area (Å²) in [6.07, 6.45) is 6.64. The van der Waals surface area contributed by atoms with E-state index in [1.165, 1.54) is 17.5 Å². The first-order valence-electron chi connectivity index (χ1n) is 8.27. The first-order chi connectivity index (χ1) is 13.3. The maximum absolute atomic E-state index is 10.6. The van der Waals surface area contributed by atoms with Crippen molar-refractivity contribution >= 4 is 34.5 Å². The molecular weight excluding hydrogens is 396 g/mol. The van der Waals surface area contributed by atoms with Crippen LogP contribution in [0.25, 0.3) is 17.0 Å². The fraction of sp³-hybridized carbons (Fsp3) is 0.158. The molecule has 4 rings (SSSR count). The van der Waals surface area contributed by atoms with E-state index in [1.54, 1.807) is 19.3 Å². The molecule has 4 aromatic rings. The van der Waals surface area contributed by atoms with Gasteiger partial charge in [0.2, 0.25) is 5.95 Å². The summed E-state index contributed by atoms with van der Waals surface area (Å²) in [5.41, 5.74) is 6.91. The lowest BCUT2D eigenvalue weighted by atomic mass is 10.1. The number of aryl methyl sites for hydroxylation is 1. The second kappa shape index (κ2) is 6.87. The van der Waals surface area contributed by atoms with Gasteiger partial charge in [-0.05, 0) is 26.0 Å². The Balaban J connectivity index is 1.76. The number of hydrogen-bond acceptors (Lipinski definition) is 7. The molecule has 4 aromatic heterocycles. The van der Waals surface area contributed by atoms with Crippen LogP contribution in [0.2, 0.25) is 5.02 Å². The summed E-state index contributed by atoms with van der Waals surface area (Å²) in [5, 5.41) is 11.6. The van der Waals surface area contributed by atoms with Gasteiger partial charge in [0.05, 0.1) is 23.1 Å². The summed E-state index contributed by atoms with van der Waals surface area (Å²) in [7, 11) is 0.